The van der Waals surface area contributed by atoms with E-state index in [9.17, 15) is 4.79 Å². The Morgan fingerprint density at radius 2 is 2.41 bits per heavy atom. The van der Waals surface area contributed by atoms with Gasteiger partial charge in [0.2, 0.25) is 0 Å². The first-order valence-corrected chi connectivity index (χ1v) is 5.61. The van der Waals surface area contributed by atoms with Crippen LogP contribution in [0.3, 0.4) is 0 Å². The van der Waals surface area contributed by atoms with Gasteiger partial charge >= 0.3 is 5.97 Å². The van der Waals surface area contributed by atoms with Crippen molar-refractivity contribution >= 4 is 23.4 Å². The highest BCUT2D eigenvalue weighted by Gasteiger charge is 2.15. The fourth-order valence-electron chi connectivity index (χ4n) is 1.37. The lowest BCUT2D eigenvalue weighted by atomic mass is 10.2. The van der Waals surface area contributed by atoms with Crippen LogP contribution < -0.4 is 5.32 Å². The van der Waals surface area contributed by atoms with Gasteiger partial charge in [0, 0.05) is 13.3 Å². The second-order valence-electron chi connectivity index (χ2n) is 3.53. The van der Waals surface area contributed by atoms with E-state index in [1.807, 2.05) is 6.92 Å². The Kier molecular flexibility index (Phi) is 5.18. The van der Waals surface area contributed by atoms with E-state index in [2.05, 4.69) is 10.3 Å². The molecule has 0 fully saturated rings. The zero-order valence-corrected chi connectivity index (χ0v) is 10.5. The predicted octanol–water partition coefficient (Wildman–Crippen LogP) is 2.27. The monoisotopic (exact) mass is 258 g/mol. The van der Waals surface area contributed by atoms with E-state index in [0.717, 1.165) is 6.42 Å². The fourth-order valence-corrected chi connectivity index (χ4v) is 1.61. The topological polar surface area (TPSA) is 71.5 Å². The maximum Gasteiger partial charge on any atom is 0.337 e. The molecule has 0 radical (unpaired) electrons. The number of ether oxygens (including phenoxy) is 1. The van der Waals surface area contributed by atoms with Crippen LogP contribution in [0, 0.1) is 0 Å². The summed E-state index contributed by atoms with van der Waals surface area (Å²) in [6, 6.07) is 1.42. The number of aromatic nitrogens is 1. The summed E-state index contributed by atoms with van der Waals surface area (Å²) in [7, 11) is 1.60. The maximum atomic E-state index is 10.9. The Morgan fingerprint density at radius 3 is 2.94 bits per heavy atom. The second-order valence-corrected chi connectivity index (χ2v) is 3.91. The van der Waals surface area contributed by atoms with Crippen molar-refractivity contribution < 1.29 is 14.6 Å². The molecule has 94 valence electrons. The molecule has 0 bridgehead atoms. The van der Waals surface area contributed by atoms with Crippen molar-refractivity contribution in [3.8, 4) is 0 Å². The Labute approximate surface area is 105 Å². The normalized spacial score (nSPS) is 12.2. The van der Waals surface area contributed by atoms with Gasteiger partial charge in [-0.3, -0.25) is 0 Å². The van der Waals surface area contributed by atoms with Crippen LogP contribution in [0.25, 0.3) is 0 Å². The number of aromatic carboxylic acids is 1. The van der Waals surface area contributed by atoms with Crippen LogP contribution in [0.2, 0.25) is 5.02 Å². The minimum Gasteiger partial charge on any atom is -0.478 e. The summed E-state index contributed by atoms with van der Waals surface area (Å²) < 4.78 is 5.03. The van der Waals surface area contributed by atoms with Gasteiger partial charge in [-0.2, -0.15) is 0 Å². The smallest absolute Gasteiger partial charge is 0.337 e. The van der Waals surface area contributed by atoms with Gasteiger partial charge in [-0.1, -0.05) is 18.5 Å². The molecule has 1 aromatic rings. The lowest BCUT2D eigenvalue weighted by molar-refractivity contribution is 0.0697. The number of rotatable bonds is 6. The molecule has 0 saturated heterocycles. The van der Waals surface area contributed by atoms with Crippen LogP contribution in [-0.4, -0.2) is 35.8 Å². The van der Waals surface area contributed by atoms with Crippen molar-refractivity contribution in [3.05, 3.63) is 22.8 Å². The molecule has 5 nitrogen and oxygen atoms in total. The molecule has 1 rings (SSSR count). The van der Waals surface area contributed by atoms with Gasteiger partial charge in [-0.05, 0) is 12.5 Å². The third-order valence-corrected chi connectivity index (χ3v) is 2.70. The molecule has 1 atom stereocenters. The number of carboxylic acids is 1. The summed E-state index contributed by atoms with van der Waals surface area (Å²) in [5.74, 6) is -0.698. The van der Waals surface area contributed by atoms with Crippen molar-refractivity contribution in [1.82, 2.24) is 4.98 Å². The number of anilines is 1. The lowest BCUT2D eigenvalue weighted by Gasteiger charge is -2.17. The molecule has 0 spiro atoms. The summed E-state index contributed by atoms with van der Waals surface area (Å²) in [5.41, 5.74) is 0.0384. The van der Waals surface area contributed by atoms with E-state index in [0.29, 0.717) is 12.4 Å². The highest BCUT2D eigenvalue weighted by atomic mass is 35.5. The highest BCUT2D eigenvalue weighted by molar-refractivity contribution is 6.35. The number of methoxy groups -OCH3 is 1. The zero-order valence-electron chi connectivity index (χ0n) is 9.74. The molecule has 17 heavy (non-hydrogen) atoms. The molecule has 1 heterocycles. The number of carboxylic acid groups (broad SMARTS) is 1. The van der Waals surface area contributed by atoms with Gasteiger partial charge < -0.3 is 15.2 Å². The minimum absolute atomic E-state index is 0.0384. The number of nitrogens with one attached hydrogen (secondary N) is 1. The molecule has 2 N–H and O–H groups in total. The highest BCUT2D eigenvalue weighted by Crippen LogP contribution is 2.24. The molecule has 1 aromatic heterocycles. The first kappa shape index (κ1) is 13.7. The Morgan fingerprint density at radius 1 is 1.71 bits per heavy atom. The van der Waals surface area contributed by atoms with Gasteiger partial charge in [0.15, 0.2) is 0 Å². The fraction of sp³-hybridized carbons (Fsp3) is 0.455. The first-order valence-electron chi connectivity index (χ1n) is 5.23. The largest absolute Gasteiger partial charge is 0.478 e. The van der Waals surface area contributed by atoms with E-state index in [-0.39, 0.29) is 16.6 Å². The lowest BCUT2D eigenvalue weighted by Crippen LogP contribution is -2.24. The standard InChI is InChI=1S/C11H15ClN2O3/c1-3-7(6-17-2)14-10-9(12)8(11(15)16)4-5-13-10/h4-5,7H,3,6H2,1-2H3,(H,13,14)(H,15,16). The van der Waals surface area contributed by atoms with Crippen LogP contribution in [0.5, 0.6) is 0 Å². The van der Waals surface area contributed by atoms with Crippen molar-refractivity contribution in [3.63, 3.8) is 0 Å². The summed E-state index contributed by atoms with van der Waals surface area (Å²) in [6.45, 7) is 2.50. The van der Waals surface area contributed by atoms with Crippen molar-refractivity contribution in [1.29, 1.82) is 0 Å². The van der Waals surface area contributed by atoms with Crippen molar-refractivity contribution in [2.45, 2.75) is 19.4 Å². The van der Waals surface area contributed by atoms with Gasteiger partial charge in [0.1, 0.15) is 5.82 Å². The Hall–Kier alpha value is -1.33. The molecule has 0 amide bonds. The van der Waals surface area contributed by atoms with Crippen molar-refractivity contribution in [2.75, 3.05) is 19.0 Å². The van der Waals surface area contributed by atoms with Gasteiger partial charge in [-0.15, -0.1) is 0 Å². The SMILES string of the molecule is CCC(COC)Nc1nccc(C(=O)O)c1Cl. The molecule has 1 unspecified atom stereocenters. The molecule has 0 aliphatic heterocycles. The molecule has 0 aliphatic carbocycles. The number of halogens is 1. The molecular formula is C11H15ClN2O3. The first-order chi connectivity index (χ1) is 8.10. The summed E-state index contributed by atoms with van der Waals surface area (Å²) in [4.78, 5) is 14.9. The van der Waals surface area contributed by atoms with Crippen molar-refractivity contribution in [2.24, 2.45) is 0 Å². The predicted molar refractivity (Wildman–Crippen MR) is 65.8 cm³/mol. The molecule has 0 aliphatic rings. The number of pyridine rings is 1. The van der Waals surface area contributed by atoms with E-state index >= 15 is 0 Å². The Bertz CT molecular complexity index is 398. The average Bonchev–Trinajstić information content (AvgIpc) is 2.30. The third-order valence-electron chi connectivity index (χ3n) is 2.32. The third kappa shape index (κ3) is 3.57. The average molecular weight is 259 g/mol. The summed E-state index contributed by atoms with van der Waals surface area (Å²) in [5, 5.41) is 12.1. The van der Waals surface area contributed by atoms with Gasteiger partial charge in [-0.25, -0.2) is 9.78 Å². The zero-order chi connectivity index (χ0) is 12.8. The summed E-state index contributed by atoms with van der Waals surface area (Å²) in [6.07, 6.45) is 2.24. The minimum atomic E-state index is -1.07. The quantitative estimate of drug-likeness (QED) is 0.819. The maximum absolute atomic E-state index is 10.9. The van der Waals surface area contributed by atoms with Crippen LogP contribution in [0.15, 0.2) is 12.3 Å². The Balaban J connectivity index is 2.91. The number of hydrogen-bond acceptors (Lipinski definition) is 4. The van der Waals surface area contributed by atoms with Gasteiger partial charge in [0.05, 0.1) is 23.2 Å². The number of nitrogens with zero attached hydrogens (tertiary/aromatic N) is 1. The number of hydrogen-bond donors (Lipinski definition) is 2. The summed E-state index contributed by atoms with van der Waals surface area (Å²) >= 11 is 5.96. The molecule has 0 saturated carbocycles. The van der Waals surface area contributed by atoms with Crippen LogP contribution in [0.1, 0.15) is 23.7 Å². The van der Waals surface area contributed by atoms with E-state index in [1.54, 1.807) is 7.11 Å². The molecule has 0 aromatic carbocycles. The van der Waals surface area contributed by atoms with Crippen LogP contribution in [0.4, 0.5) is 5.82 Å². The van der Waals surface area contributed by atoms with Crippen LogP contribution >= 0.6 is 11.6 Å². The molecular weight excluding hydrogens is 244 g/mol. The van der Waals surface area contributed by atoms with E-state index in [4.69, 9.17) is 21.4 Å². The van der Waals surface area contributed by atoms with E-state index < -0.39 is 5.97 Å². The van der Waals surface area contributed by atoms with Crippen LogP contribution in [-0.2, 0) is 4.74 Å². The molecule has 6 heteroatoms. The number of carbonyl (C=O) groups is 1. The van der Waals surface area contributed by atoms with E-state index in [1.165, 1.54) is 12.3 Å². The second kappa shape index (κ2) is 6.42. The van der Waals surface area contributed by atoms with Gasteiger partial charge in [0.25, 0.3) is 0 Å².